The number of carbonyl (C=O) groups is 5. The van der Waals surface area contributed by atoms with E-state index in [4.69, 9.17) is 10.5 Å². The van der Waals surface area contributed by atoms with Gasteiger partial charge in [0.2, 0.25) is 5.91 Å². The third-order valence-electron chi connectivity index (χ3n) is 9.37. The molecule has 4 N–H and O–H groups in total. The highest BCUT2D eigenvalue weighted by atomic mass is 16.5. The Hall–Kier alpha value is -3.15. The van der Waals surface area contributed by atoms with Crippen LogP contribution in [0.3, 0.4) is 0 Å². The number of primary amides is 1. The molecule has 2 fully saturated rings. The number of likely N-dealkylation sites (N-methyl/N-ethyl adjacent to an activating group) is 1. The number of benzene rings is 1. The fourth-order valence-corrected chi connectivity index (χ4v) is 7.01. The molecule has 218 valence electrons. The lowest BCUT2D eigenvalue weighted by Crippen LogP contribution is -2.74. The molecule has 7 atom stereocenters. The van der Waals surface area contributed by atoms with Crippen molar-refractivity contribution >= 4 is 29.0 Å². The van der Waals surface area contributed by atoms with Crippen molar-refractivity contribution in [2.24, 2.45) is 35.3 Å². The molecule has 3 aliphatic rings. The Morgan fingerprint density at radius 1 is 1.15 bits per heavy atom. The maximum absolute atomic E-state index is 13.9. The van der Waals surface area contributed by atoms with Crippen LogP contribution in [0.4, 0.5) is 0 Å². The molecule has 4 rings (SSSR count). The third-order valence-corrected chi connectivity index (χ3v) is 9.37. The van der Waals surface area contributed by atoms with E-state index in [1.54, 1.807) is 14.1 Å². The number of hydrogen-bond acceptors (Lipinski definition) is 10. The number of aromatic hydroxyl groups is 1. The molecule has 0 spiro atoms. The van der Waals surface area contributed by atoms with Crippen LogP contribution in [0.5, 0.6) is 11.5 Å². The Morgan fingerprint density at radius 2 is 1.77 bits per heavy atom. The molecule has 0 heterocycles. The molecule has 2 unspecified atom stereocenters. The standard InChI is InChI=1S/C29H39N3O8/c1-12(2)13(3)32(6)11-15-10-18(33)20-16(25(15)40-7)8-14-9-17-22(31(4)5)24(35)21(28(30)38)27(37)29(17,39)26(36)19(14)23(20)34/h10,12-14,17,19,21-22,33,39H,8-9,11H2,1-7H3,(H2,30,38)/t13-,14+,17+,19?,21?,22+,29+/m1/s1. The lowest BCUT2D eigenvalue weighted by Gasteiger charge is -2.52. The number of rotatable bonds is 7. The van der Waals surface area contributed by atoms with E-state index < -0.39 is 64.4 Å². The zero-order chi connectivity index (χ0) is 30.0. The van der Waals surface area contributed by atoms with Crippen molar-refractivity contribution in [1.29, 1.82) is 0 Å². The van der Waals surface area contributed by atoms with Crippen LogP contribution in [-0.4, -0.2) is 95.0 Å². The monoisotopic (exact) mass is 557 g/mol. The molecule has 0 aliphatic heterocycles. The number of aliphatic hydroxyl groups is 1. The summed E-state index contributed by atoms with van der Waals surface area (Å²) < 4.78 is 5.76. The minimum Gasteiger partial charge on any atom is -0.507 e. The predicted molar refractivity (Wildman–Crippen MR) is 144 cm³/mol. The molecule has 0 aromatic heterocycles. The van der Waals surface area contributed by atoms with Crippen molar-refractivity contribution in [3.8, 4) is 11.5 Å². The van der Waals surface area contributed by atoms with Gasteiger partial charge in [-0.25, -0.2) is 0 Å². The number of methoxy groups -OCH3 is 1. The van der Waals surface area contributed by atoms with Gasteiger partial charge in [-0.3, -0.25) is 33.8 Å². The second kappa shape index (κ2) is 10.4. The van der Waals surface area contributed by atoms with Crippen molar-refractivity contribution in [1.82, 2.24) is 9.80 Å². The van der Waals surface area contributed by atoms with E-state index in [0.717, 1.165) is 0 Å². The van der Waals surface area contributed by atoms with Gasteiger partial charge in [0.05, 0.1) is 24.6 Å². The molecule has 2 saturated carbocycles. The van der Waals surface area contributed by atoms with Crippen LogP contribution in [0.25, 0.3) is 0 Å². The molecule has 3 aliphatic carbocycles. The first-order chi connectivity index (χ1) is 18.6. The van der Waals surface area contributed by atoms with Gasteiger partial charge < -0.3 is 20.7 Å². The van der Waals surface area contributed by atoms with E-state index in [1.165, 1.54) is 18.1 Å². The van der Waals surface area contributed by atoms with Crippen LogP contribution in [0.1, 0.15) is 48.7 Å². The highest BCUT2D eigenvalue weighted by Gasteiger charge is 2.69. The first kappa shape index (κ1) is 29.8. The second-order valence-electron chi connectivity index (χ2n) is 12.1. The zero-order valence-electron chi connectivity index (χ0n) is 24.1. The summed E-state index contributed by atoms with van der Waals surface area (Å²) in [7, 11) is 6.54. The van der Waals surface area contributed by atoms with Gasteiger partial charge in [-0.05, 0) is 58.8 Å². The van der Waals surface area contributed by atoms with Crippen molar-refractivity contribution in [2.75, 3.05) is 28.3 Å². The Kier molecular flexibility index (Phi) is 7.72. The van der Waals surface area contributed by atoms with Gasteiger partial charge in [-0.2, -0.15) is 0 Å². The van der Waals surface area contributed by atoms with Crippen LogP contribution < -0.4 is 10.5 Å². The van der Waals surface area contributed by atoms with E-state index in [1.807, 2.05) is 7.05 Å². The van der Waals surface area contributed by atoms with E-state index >= 15 is 0 Å². The van der Waals surface area contributed by atoms with Gasteiger partial charge in [-0.1, -0.05) is 13.8 Å². The molecule has 11 heteroatoms. The van der Waals surface area contributed by atoms with Crippen LogP contribution in [-0.2, 0) is 32.1 Å². The maximum Gasteiger partial charge on any atom is 0.235 e. The van der Waals surface area contributed by atoms with Crippen LogP contribution in [0, 0.1) is 29.6 Å². The number of nitrogens with two attached hydrogens (primary N) is 1. The van der Waals surface area contributed by atoms with E-state index in [0.29, 0.717) is 29.3 Å². The van der Waals surface area contributed by atoms with Crippen LogP contribution >= 0.6 is 0 Å². The van der Waals surface area contributed by atoms with E-state index in [9.17, 15) is 34.2 Å². The molecule has 11 nitrogen and oxygen atoms in total. The molecule has 0 saturated heterocycles. The molecule has 1 amide bonds. The minimum absolute atomic E-state index is 0.0116. The molecular formula is C29H39N3O8. The summed E-state index contributed by atoms with van der Waals surface area (Å²) in [6.45, 7) is 6.74. The zero-order valence-corrected chi connectivity index (χ0v) is 24.1. The Morgan fingerprint density at radius 3 is 2.30 bits per heavy atom. The highest BCUT2D eigenvalue weighted by molar-refractivity contribution is 6.32. The van der Waals surface area contributed by atoms with Crippen molar-refractivity contribution in [3.63, 3.8) is 0 Å². The summed E-state index contributed by atoms with van der Waals surface area (Å²) in [5.41, 5.74) is 3.67. The van der Waals surface area contributed by atoms with Gasteiger partial charge in [0.15, 0.2) is 34.7 Å². The second-order valence-corrected chi connectivity index (χ2v) is 12.1. The maximum atomic E-state index is 13.9. The first-order valence-corrected chi connectivity index (χ1v) is 13.6. The molecule has 40 heavy (non-hydrogen) atoms. The highest BCUT2D eigenvalue weighted by Crippen LogP contribution is 2.52. The lowest BCUT2D eigenvalue weighted by molar-refractivity contribution is -0.181. The topological polar surface area (TPSA) is 168 Å². The average molecular weight is 558 g/mol. The lowest BCUT2D eigenvalue weighted by atomic mass is 9.52. The van der Waals surface area contributed by atoms with Gasteiger partial charge >= 0.3 is 0 Å². The summed E-state index contributed by atoms with van der Waals surface area (Å²) in [6.07, 6.45) is 0.141. The smallest absolute Gasteiger partial charge is 0.235 e. The Balaban J connectivity index is 1.82. The summed E-state index contributed by atoms with van der Waals surface area (Å²) in [6, 6.07) is 0.533. The molecule has 1 aromatic rings. The SMILES string of the molecule is COc1c(CN(C)[C@H](C)C(C)C)cc(O)c2c1C[C@H]1C[C@H]3[C@H](N(C)C)C(=O)C(C(N)=O)C(=O)[C@@]3(O)C(=O)C1C2=O. The van der Waals surface area contributed by atoms with Gasteiger partial charge in [-0.15, -0.1) is 0 Å². The largest absolute Gasteiger partial charge is 0.507 e. The number of carbonyl (C=O) groups excluding carboxylic acids is 5. The first-order valence-electron chi connectivity index (χ1n) is 13.6. The van der Waals surface area contributed by atoms with E-state index in [-0.39, 0.29) is 30.2 Å². The number of phenolic OH excluding ortho intramolecular Hbond substituents is 1. The number of Topliss-reactive ketones (excluding diaryl/α,β-unsaturated/α-hetero) is 4. The van der Waals surface area contributed by atoms with E-state index in [2.05, 4.69) is 25.7 Å². The van der Waals surface area contributed by atoms with Gasteiger partial charge in [0.1, 0.15) is 11.5 Å². The predicted octanol–water partition coefficient (Wildman–Crippen LogP) is 0.352. The fraction of sp³-hybridized carbons (Fsp3) is 0.621. The number of fused-ring (bicyclic) bond motifs is 3. The molecule has 0 radical (unpaired) electrons. The number of ether oxygens (including phenoxy) is 1. The summed E-state index contributed by atoms with van der Waals surface area (Å²) >= 11 is 0. The van der Waals surface area contributed by atoms with Crippen molar-refractivity contribution < 1.29 is 38.9 Å². The molecule has 0 bridgehead atoms. The fourth-order valence-electron chi connectivity index (χ4n) is 7.01. The van der Waals surface area contributed by atoms with Gasteiger partial charge in [0, 0.05) is 29.6 Å². The third kappa shape index (κ3) is 4.26. The Bertz CT molecular complexity index is 1290. The number of nitrogens with zero attached hydrogens (tertiary/aromatic N) is 2. The molecular weight excluding hydrogens is 518 g/mol. The summed E-state index contributed by atoms with van der Waals surface area (Å²) in [5, 5.41) is 22.7. The Labute approximate surface area is 233 Å². The summed E-state index contributed by atoms with van der Waals surface area (Å²) in [5.74, 6) is -9.88. The quantitative estimate of drug-likeness (QED) is 0.398. The minimum atomic E-state index is -2.74. The average Bonchev–Trinajstić information content (AvgIpc) is 2.85. The van der Waals surface area contributed by atoms with Crippen LogP contribution in [0.2, 0.25) is 0 Å². The number of hydrogen-bond donors (Lipinski definition) is 3. The molecule has 1 aromatic carbocycles. The van der Waals surface area contributed by atoms with Crippen LogP contribution in [0.15, 0.2) is 6.07 Å². The normalized spacial score (nSPS) is 30.8. The van der Waals surface area contributed by atoms with Crippen molar-refractivity contribution in [3.05, 3.63) is 22.8 Å². The van der Waals surface area contributed by atoms with Crippen molar-refractivity contribution in [2.45, 2.75) is 57.8 Å². The number of amides is 1. The van der Waals surface area contributed by atoms with Gasteiger partial charge in [0.25, 0.3) is 0 Å². The number of ketones is 4. The number of phenols is 1. The summed E-state index contributed by atoms with van der Waals surface area (Å²) in [4.78, 5) is 70.0.